The second kappa shape index (κ2) is 4.47. The number of hydrogen-bond donors (Lipinski definition) is 0. The minimum absolute atomic E-state index is 0.182. The molecule has 0 aromatic carbocycles. The molecular weight excluding hydrogens is 211 g/mol. The highest BCUT2D eigenvalue weighted by Gasteiger charge is 2.21. The highest BCUT2D eigenvalue weighted by Crippen LogP contribution is 2.26. The van der Waals surface area contributed by atoms with Gasteiger partial charge in [-0.2, -0.15) is 4.39 Å². The zero-order valence-electron chi connectivity index (χ0n) is 9.07. The van der Waals surface area contributed by atoms with Crippen LogP contribution in [0.4, 0.5) is 10.2 Å². The highest BCUT2D eigenvalue weighted by molar-refractivity contribution is 5.80. The Balaban J connectivity index is 2.23. The maximum absolute atomic E-state index is 13.8. The Kier molecular flexibility index (Phi) is 3.03. The Morgan fingerprint density at radius 2 is 2.12 bits per heavy atom. The van der Waals surface area contributed by atoms with Gasteiger partial charge in [-0.15, -0.1) is 0 Å². The van der Waals surface area contributed by atoms with Crippen molar-refractivity contribution >= 4 is 11.6 Å². The molecule has 4 nitrogen and oxygen atoms in total. The molecule has 0 spiro atoms. The lowest BCUT2D eigenvalue weighted by Gasteiger charge is -2.27. The summed E-state index contributed by atoms with van der Waals surface area (Å²) in [7, 11) is 1.42. The summed E-state index contributed by atoms with van der Waals surface area (Å²) < 4.78 is 18.7. The molecule has 0 atom stereocenters. The van der Waals surface area contributed by atoms with Crippen LogP contribution in [0, 0.1) is 5.82 Å². The molecule has 0 saturated carbocycles. The van der Waals surface area contributed by atoms with Gasteiger partial charge in [0.25, 0.3) is 0 Å². The van der Waals surface area contributed by atoms with Crippen LogP contribution in [0.25, 0.3) is 0 Å². The van der Waals surface area contributed by atoms with Gasteiger partial charge in [-0.3, -0.25) is 4.79 Å². The summed E-state index contributed by atoms with van der Waals surface area (Å²) in [5.74, 6) is 0.215. The smallest absolute Gasteiger partial charge is 0.207 e. The first-order valence-electron chi connectivity index (χ1n) is 5.17. The molecule has 0 amide bonds. The van der Waals surface area contributed by atoms with Crippen molar-refractivity contribution in [1.29, 1.82) is 0 Å². The van der Waals surface area contributed by atoms with Gasteiger partial charge in [0.2, 0.25) is 5.82 Å². The molecule has 0 N–H and O–H groups in total. The molecule has 0 aliphatic carbocycles. The predicted octanol–water partition coefficient (Wildman–Crippen LogP) is 1.40. The van der Waals surface area contributed by atoms with Gasteiger partial charge >= 0.3 is 0 Å². The largest absolute Gasteiger partial charge is 0.493 e. The molecule has 1 aliphatic heterocycles. The van der Waals surface area contributed by atoms with Crippen molar-refractivity contribution in [3.8, 4) is 5.75 Å². The van der Waals surface area contributed by atoms with Crippen LogP contribution in [0.5, 0.6) is 5.75 Å². The van der Waals surface area contributed by atoms with Crippen molar-refractivity contribution in [1.82, 2.24) is 4.98 Å². The number of carbonyl (C=O) groups is 1. The Labute approximate surface area is 93.0 Å². The van der Waals surface area contributed by atoms with E-state index < -0.39 is 5.82 Å². The minimum atomic E-state index is -0.459. The number of nitrogens with zero attached hydrogens (tertiary/aromatic N) is 2. The van der Waals surface area contributed by atoms with E-state index in [-0.39, 0.29) is 17.4 Å². The summed E-state index contributed by atoms with van der Waals surface area (Å²) in [6.07, 6.45) is 2.42. The molecular formula is C11H13FN2O2. The van der Waals surface area contributed by atoms with Crippen LogP contribution >= 0.6 is 0 Å². The lowest BCUT2D eigenvalue weighted by atomic mass is 10.1. The molecule has 0 unspecified atom stereocenters. The number of halogens is 1. The summed E-state index contributed by atoms with van der Waals surface area (Å²) in [5, 5.41) is 0. The highest BCUT2D eigenvalue weighted by atomic mass is 19.1. The average Bonchev–Trinajstić information content (AvgIpc) is 2.31. The first kappa shape index (κ1) is 10.9. The van der Waals surface area contributed by atoms with Crippen molar-refractivity contribution in [3.05, 3.63) is 18.1 Å². The van der Waals surface area contributed by atoms with Crippen LogP contribution < -0.4 is 9.64 Å². The number of aromatic nitrogens is 1. The number of methoxy groups -OCH3 is 1. The van der Waals surface area contributed by atoms with Gasteiger partial charge in [-0.25, -0.2) is 4.98 Å². The van der Waals surface area contributed by atoms with Gasteiger partial charge in [0.1, 0.15) is 5.78 Å². The molecule has 1 aromatic heterocycles. The second-order valence-corrected chi connectivity index (χ2v) is 3.68. The Bertz CT molecular complexity index is 399. The van der Waals surface area contributed by atoms with E-state index in [1.807, 2.05) is 0 Å². The lowest BCUT2D eigenvalue weighted by molar-refractivity contribution is -0.119. The lowest BCUT2D eigenvalue weighted by Crippen LogP contribution is -2.34. The number of piperidine rings is 1. The van der Waals surface area contributed by atoms with Gasteiger partial charge in [-0.05, 0) is 0 Å². The fourth-order valence-corrected chi connectivity index (χ4v) is 1.76. The van der Waals surface area contributed by atoms with Crippen LogP contribution in [-0.2, 0) is 4.79 Å². The van der Waals surface area contributed by atoms with Crippen molar-refractivity contribution in [2.45, 2.75) is 12.8 Å². The van der Waals surface area contributed by atoms with Gasteiger partial charge in [0.05, 0.1) is 7.11 Å². The summed E-state index contributed by atoms with van der Waals surface area (Å²) in [6, 6.07) is 1.48. The van der Waals surface area contributed by atoms with Crippen molar-refractivity contribution < 1.29 is 13.9 Å². The third kappa shape index (κ3) is 1.98. The first-order chi connectivity index (χ1) is 7.72. The first-order valence-corrected chi connectivity index (χ1v) is 5.17. The van der Waals surface area contributed by atoms with E-state index in [2.05, 4.69) is 4.98 Å². The number of hydrogen-bond acceptors (Lipinski definition) is 4. The third-order valence-corrected chi connectivity index (χ3v) is 2.68. The number of carbonyl (C=O) groups excluding carboxylic acids is 1. The molecule has 0 radical (unpaired) electrons. The van der Waals surface area contributed by atoms with Crippen LogP contribution in [-0.4, -0.2) is 31.0 Å². The maximum atomic E-state index is 13.8. The number of Topliss-reactive ketones (excluding diaryl/α,β-unsaturated/α-hetero) is 1. The normalized spacial score (nSPS) is 16.4. The minimum Gasteiger partial charge on any atom is -0.493 e. The van der Waals surface area contributed by atoms with Crippen LogP contribution in [0.1, 0.15) is 12.8 Å². The number of pyridine rings is 1. The Hall–Kier alpha value is -1.65. The van der Waals surface area contributed by atoms with E-state index in [1.165, 1.54) is 19.4 Å². The van der Waals surface area contributed by atoms with Crippen LogP contribution in [0.3, 0.4) is 0 Å². The summed E-state index contributed by atoms with van der Waals surface area (Å²) in [4.78, 5) is 16.9. The Morgan fingerprint density at radius 3 is 2.75 bits per heavy atom. The monoisotopic (exact) mass is 224 g/mol. The van der Waals surface area contributed by atoms with Crippen molar-refractivity contribution in [2.24, 2.45) is 0 Å². The summed E-state index contributed by atoms with van der Waals surface area (Å²) >= 11 is 0. The molecule has 2 rings (SSSR count). The Morgan fingerprint density at radius 1 is 1.44 bits per heavy atom. The fourth-order valence-electron chi connectivity index (χ4n) is 1.76. The summed E-state index contributed by atoms with van der Waals surface area (Å²) in [5.41, 5.74) is 0. The molecule has 0 bridgehead atoms. The molecule has 1 aliphatic rings. The van der Waals surface area contributed by atoms with E-state index in [4.69, 9.17) is 4.74 Å². The van der Waals surface area contributed by atoms with Gasteiger partial charge in [0.15, 0.2) is 11.6 Å². The molecule has 1 aromatic rings. The maximum Gasteiger partial charge on any atom is 0.207 e. The second-order valence-electron chi connectivity index (χ2n) is 3.68. The van der Waals surface area contributed by atoms with E-state index in [0.29, 0.717) is 25.9 Å². The van der Waals surface area contributed by atoms with Crippen molar-refractivity contribution in [2.75, 3.05) is 25.1 Å². The van der Waals surface area contributed by atoms with Gasteiger partial charge in [0, 0.05) is 38.2 Å². The number of rotatable bonds is 2. The molecule has 1 fully saturated rings. The van der Waals surface area contributed by atoms with Gasteiger partial charge < -0.3 is 9.64 Å². The van der Waals surface area contributed by atoms with E-state index in [1.54, 1.807) is 4.90 Å². The number of ether oxygens (including phenoxy) is 1. The SMILES string of the molecule is COc1ccnc(N2CCC(=O)CC2)c1F. The van der Waals surface area contributed by atoms with Gasteiger partial charge in [-0.1, -0.05) is 0 Å². The molecule has 1 saturated heterocycles. The van der Waals surface area contributed by atoms with Crippen molar-refractivity contribution in [3.63, 3.8) is 0 Å². The van der Waals surface area contributed by atoms with E-state index >= 15 is 0 Å². The summed E-state index contributed by atoms with van der Waals surface area (Å²) in [6.45, 7) is 1.05. The van der Waals surface area contributed by atoms with E-state index in [9.17, 15) is 9.18 Å². The van der Waals surface area contributed by atoms with Crippen LogP contribution in [0.15, 0.2) is 12.3 Å². The molecule has 16 heavy (non-hydrogen) atoms. The predicted molar refractivity (Wildman–Crippen MR) is 57.2 cm³/mol. The topological polar surface area (TPSA) is 42.4 Å². The molecule has 2 heterocycles. The number of anilines is 1. The van der Waals surface area contributed by atoms with E-state index in [0.717, 1.165) is 0 Å². The molecule has 5 heteroatoms. The number of ketones is 1. The van der Waals surface area contributed by atoms with Crippen LogP contribution in [0.2, 0.25) is 0 Å². The quantitative estimate of drug-likeness (QED) is 0.761. The zero-order valence-corrected chi connectivity index (χ0v) is 9.07. The molecule has 86 valence electrons. The standard InChI is InChI=1S/C11H13FN2O2/c1-16-9-2-5-13-11(10(9)12)14-6-3-8(15)4-7-14/h2,5H,3-4,6-7H2,1H3. The fraction of sp³-hybridized carbons (Fsp3) is 0.455. The third-order valence-electron chi connectivity index (χ3n) is 2.68. The average molecular weight is 224 g/mol. The zero-order chi connectivity index (χ0) is 11.5.